The molecule has 1 amide bonds. The van der Waals surface area contributed by atoms with E-state index in [0.29, 0.717) is 16.9 Å². The van der Waals surface area contributed by atoms with Gasteiger partial charge in [0.2, 0.25) is 0 Å². The zero-order valence-electron chi connectivity index (χ0n) is 15.4. The number of amides is 1. The first-order valence-corrected chi connectivity index (χ1v) is 8.45. The highest BCUT2D eigenvalue weighted by molar-refractivity contribution is 5.95. The molecule has 0 unspecified atom stereocenters. The van der Waals surface area contributed by atoms with Crippen LogP contribution in [0.15, 0.2) is 59.7 Å². The Labute approximate surface area is 157 Å². The lowest BCUT2D eigenvalue weighted by Gasteiger charge is -2.10. The number of benzene rings is 2. The van der Waals surface area contributed by atoms with Crippen molar-refractivity contribution in [3.8, 4) is 17.2 Å². The second-order valence-corrected chi connectivity index (χ2v) is 6.13. The Morgan fingerprint density at radius 3 is 2.37 bits per heavy atom. The summed E-state index contributed by atoms with van der Waals surface area (Å²) in [6.07, 6.45) is 1.49. The van der Waals surface area contributed by atoms with Gasteiger partial charge in [-0.15, -0.1) is 0 Å². The van der Waals surface area contributed by atoms with Gasteiger partial charge in [0.15, 0.2) is 11.5 Å². The summed E-state index contributed by atoms with van der Waals surface area (Å²) in [4.78, 5) is 12.2. The fourth-order valence-corrected chi connectivity index (χ4v) is 2.84. The number of phenolic OH excluding ortho intramolecular Hbond substituents is 1. The summed E-state index contributed by atoms with van der Waals surface area (Å²) in [5.41, 5.74) is 6.99. The molecule has 3 aromatic rings. The van der Waals surface area contributed by atoms with Crippen LogP contribution in [0, 0.1) is 13.8 Å². The monoisotopic (exact) mass is 363 g/mol. The number of carbonyl (C=O) groups excluding carboxylic acids is 1. The summed E-state index contributed by atoms with van der Waals surface area (Å²) in [6, 6.07) is 16.3. The second kappa shape index (κ2) is 7.78. The highest BCUT2D eigenvalue weighted by Gasteiger charge is 2.07. The van der Waals surface area contributed by atoms with E-state index in [9.17, 15) is 9.90 Å². The van der Waals surface area contributed by atoms with E-state index in [4.69, 9.17) is 4.74 Å². The van der Waals surface area contributed by atoms with Crippen LogP contribution in [0.5, 0.6) is 11.5 Å². The standard InChI is InChI=1S/C21H21N3O3/c1-14-4-5-15(2)24(14)18-9-7-17(8-10-18)21(26)23-22-13-16-6-11-19(25)20(12-16)27-3/h4-13,25H,1-3H3,(H,23,26)/b22-13+. The molecule has 2 N–H and O–H groups in total. The van der Waals surface area contributed by atoms with Crippen LogP contribution in [0.1, 0.15) is 27.3 Å². The van der Waals surface area contributed by atoms with Crippen molar-refractivity contribution in [2.24, 2.45) is 5.10 Å². The number of aryl methyl sites for hydroxylation is 2. The summed E-state index contributed by atoms with van der Waals surface area (Å²) in [5, 5.41) is 13.5. The fraction of sp³-hybridized carbons (Fsp3) is 0.143. The number of hydrazone groups is 1. The lowest BCUT2D eigenvalue weighted by molar-refractivity contribution is 0.0955. The number of hydrogen-bond donors (Lipinski definition) is 2. The highest BCUT2D eigenvalue weighted by Crippen LogP contribution is 2.25. The molecule has 0 aliphatic carbocycles. The van der Waals surface area contributed by atoms with Crippen molar-refractivity contribution in [1.29, 1.82) is 0 Å². The van der Waals surface area contributed by atoms with Crippen molar-refractivity contribution in [2.75, 3.05) is 7.11 Å². The number of ether oxygens (including phenoxy) is 1. The van der Waals surface area contributed by atoms with Crippen molar-refractivity contribution in [2.45, 2.75) is 13.8 Å². The van der Waals surface area contributed by atoms with E-state index in [1.54, 1.807) is 24.3 Å². The van der Waals surface area contributed by atoms with Crippen LogP contribution in [0.4, 0.5) is 0 Å². The molecule has 0 aliphatic heterocycles. The summed E-state index contributed by atoms with van der Waals surface area (Å²) in [6.45, 7) is 4.08. The molecular weight excluding hydrogens is 342 g/mol. The van der Waals surface area contributed by atoms with Gasteiger partial charge in [-0.2, -0.15) is 5.10 Å². The summed E-state index contributed by atoms with van der Waals surface area (Å²) < 4.78 is 7.16. The Hall–Kier alpha value is -3.54. The lowest BCUT2D eigenvalue weighted by Crippen LogP contribution is -2.17. The number of aromatic hydroxyl groups is 1. The lowest BCUT2D eigenvalue weighted by atomic mass is 10.2. The number of nitrogens with one attached hydrogen (secondary N) is 1. The first kappa shape index (κ1) is 18.3. The molecule has 3 rings (SSSR count). The van der Waals surface area contributed by atoms with Gasteiger partial charge in [-0.05, 0) is 74.0 Å². The average molecular weight is 363 g/mol. The minimum Gasteiger partial charge on any atom is -0.504 e. The van der Waals surface area contributed by atoms with E-state index in [2.05, 4.69) is 27.2 Å². The number of aromatic nitrogens is 1. The largest absolute Gasteiger partial charge is 0.504 e. The van der Waals surface area contributed by atoms with Crippen molar-refractivity contribution in [1.82, 2.24) is 9.99 Å². The third-order valence-corrected chi connectivity index (χ3v) is 4.24. The van der Waals surface area contributed by atoms with E-state index in [0.717, 1.165) is 17.1 Å². The molecule has 0 atom stereocenters. The van der Waals surface area contributed by atoms with Gasteiger partial charge in [0.05, 0.1) is 13.3 Å². The van der Waals surface area contributed by atoms with Gasteiger partial charge in [0, 0.05) is 22.6 Å². The first-order valence-electron chi connectivity index (χ1n) is 8.45. The molecular formula is C21H21N3O3. The van der Waals surface area contributed by atoms with Gasteiger partial charge in [0.25, 0.3) is 5.91 Å². The summed E-state index contributed by atoms with van der Waals surface area (Å²) in [5.74, 6) is 0.0906. The van der Waals surface area contributed by atoms with Crippen molar-refractivity contribution in [3.05, 3.63) is 77.1 Å². The Morgan fingerprint density at radius 2 is 1.74 bits per heavy atom. The Balaban J connectivity index is 1.68. The number of phenols is 1. The maximum atomic E-state index is 12.2. The van der Waals surface area contributed by atoms with Gasteiger partial charge < -0.3 is 14.4 Å². The van der Waals surface area contributed by atoms with Gasteiger partial charge in [-0.1, -0.05) is 0 Å². The second-order valence-electron chi connectivity index (χ2n) is 6.13. The molecule has 6 nitrogen and oxygen atoms in total. The molecule has 0 bridgehead atoms. The topological polar surface area (TPSA) is 75.8 Å². The molecule has 2 aromatic carbocycles. The van der Waals surface area contributed by atoms with Crippen LogP contribution < -0.4 is 10.2 Å². The van der Waals surface area contributed by atoms with Crippen LogP contribution in [-0.2, 0) is 0 Å². The SMILES string of the molecule is COc1cc(/C=N/NC(=O)c2ccc(-n3c(C)ccc3C)cc2)ccc1O. The van der Waals surface area contributed by atoms with Crippen LogP contribution in [-0.4, -0.2) is 28.9 Å². The van der Waals surface area contributed by atoms with E-state index in [1.165, 1.54) is 19.4 Å². The van der Waals surface area contributed by atoms with Gasteiger partial charge in [-0.3, -0.25) is 4.79 Å². The highest BCUT2D eigenvalue weighted by atomic mass is 16.5. The Morgan fingerprint density at radius 1 is 1.07 bits per heavy atom. The van der Waals surface area contributed by atoms with Crippen molar-refractivity contribution >= 4 is 12.1 Å². The van der Waals surface area contributed by atoms with E-state index in [1.807, 2.05) is 26.0 Å². The summed E-state index contributed by atoms with van der Waals surface area (Å²) in [7, 11) is 1.47. The number of rotatable bonds is 5. The maximum Gasteiger partial charge on any atom is 0.271 e. The van der Waals surface area contributed by atoms with Crippen LogP contribution in [0.3, 0.4) is 0 Å². The van der Waals surface area contributed by atoms with Crippen LogP contribution in [0.2, 0.25) is 0 Å². The maximum absolute atomic E-state index is 12.2. The average Bonchev–Trinajstić information content (AvgIpc) is 3.01. The van der Waals surface area contributed by atoms with Crippen LogP contribution in [0.25, 0.3) is 5.69 Å². The minimum absolute atomic E-state index is 0.0481. The Kier molecular flexibility index (Phi) is 5.26. The molecule has 138 valence electrons. The van der Waals surface area contributed by atoms with E-state index < -0.39 is 0 Å². The minimum atomic E-state index is -0.301. The Bertz CT molecular complexity index is 969. The number of carbonyl (C=O) groups is 1. The third-order valence-electron chi connectivity index (χ3n) is 4.24. The van der Waals surface area contributed by atoms with Gasteiger partial charge in [-0.25, -0.2) is 5.43 Å². The fourth-order valence-electron chi connectivity index (χ4n) is 2.84. The number of methoxy groups -OCH3 is 1. The molecule has 0 radical (unpaired) electrons. The van der Waals surface area contributed by atoms with Gasteiger partial charge in [0.1, 0.15) is 0 Å². The molecule has 1 aromatic heterocycles. The quantitative estimate of drug-likeness (QED) is 0.537. The molecule has 6 heteroatoms. The number of hydrogen-bond acceptors (Lipinski definition) is 4. The zero-order valence-corrected chi connectivity index (χ0v) is 15.4. The molecule has 0 saturated heterocycles. The predicted octanol–water partition coefficient (Wildman–Crippen LogP) is 3.57. The summed E-state index contributed by atoms with van der Waals surface area (Å²) >= 11 is 0. The molecule has 27 heavy (non-hydrogen) atoms. The van der Waals surface area contributed by atoms with Gasteiger partial charge >= 0.3 is 0 Å². The van der Waals surface area contributed by atoms with E-state index >= 15 is 0 Å². The smallest absolute Gasteiger partial charge is 0.271 e. The molecule has 0 fully saturated rings. The third kappa shape index (κ3) is 4.00. The predicted molar refractivity (Wildman–Crippen MR) is 105 cm³/mol. The number of nitrogens with zero attached hydrogens (tertiary/aromatic N) is 2. The molecule has 0 spiro atoms. The molecule has 1 heterocycles. The molecule has 0 aliphatic rings. The van der Waals surface area contributed by atoms with E-state index in [-0.39, 0.29) is 11.7 Å². The molecule has 0 saturated carbocycles. The first-order chi connectivity index (χ1) is 13.0. The van der Waals surface area contributed by atoms with Crippen LogP contribution >= 0.6 is 0 Å². The van der Waals surface area contributed by atoms with Crippen molar-refractivity contribution < 1.29 is 14.6 Å². The van der Waals surface area contributed by atoms with Crippen molar-refractivity contribution in [3.63, 3.8) is 0 Å². The zero-order chi connectivity index (χ0) is 19.4. The normalized spacial score (nSPS) is 10.9.